The van der Waals surface area contributed by atoms with Gasteiger partial charge in [0.15, 0.2) is 0 Å². The van der Waals surface area contributed by atoms with Crippen molar-refractivity contribution in [3.8, 4) is 0 Å². The van der Waals surface area contributed by atoms with Crippen molar-refractivity contribution in [1.29, 1.82) is 0 Å². The number of hydrogen-bond donors (Lipinski definition) is 2. The summed E-state index contributed by atoms with van der Waals surface area (Å²) in [5.41, 5.74) is 2.33. The number of amides is 2. The van der Waals surface area contributed by atoms with Gasteiger partial charge in [-0.05, 0) is 38.3 Å². The molecule has 23 heavy (non-hydrogen) atoms. The average Bonchev–Trinajstić information content (AvgIpc) is 2.51. The van der Waals surface area contributed by atoms with Crippen molar-refractivity contribution in [2.24, 2.45) is 0 Å². The Balaban J connectivity index is 2.01. The Labute approximate surface area is 139 Å². The highest BCUT2D eigenvalue weighted by Gasteiger charge is 2.16. The van der Waals surface area contributed by atoms with Crippen LogP contribution in [0.3, 0.4) is 0 Å². The molecule has 2 aromatic rings. The molecule has 0 fully saturated rings. The molecule has 0 saturated carbocycles. The minimum Gasteiger partial charge on any atom is -0.338 e. The van der Waals surface area contributed by atoms with E-state index in [1.54, 1.807) is 0 Å². The number of carbonyl (C=O) groups excluding carboxylic acids is 1. The Hall–Kier alpha value is -2.29. The lowest BCUT2D eigenvalue weighted by atomic mass is 9.88. The van der Waals surface area contributed by atoms with Gasteiger partial charge in [-0.3, -0.25) is 0 Å². The van der Waals surface area contributed by atoms with Crippen molar-refractivity contribution in [3.63, 3.8) is 0 Å². The van der Waals surface area contributed by atoms with E-state index in [4.69, 9.17) is 0 Å². The molecule has 2 amide bonds. The van der Waals surface area contributed by atoms with E-state index < -0.39 is 0 Å². The molecular weight excluding hydrogens is 284 g/mol. The average molecular weight is 310 g/mol. The molecule has 0 unspecified atom stereocenters. The van der Waals surface area contributed by atoms with Crippen molar-refractivity contribution >= 4 is 6.03 Å². The molecule has 0 aliphatic carbocycles. The number of benzene rings is 2. The number of urea groups is 1. The zero-order valence-electron chi connectivity index (χ0n) is 14.2. The molecule has 0 aromatic heterocycles. The monoisotopic (exact) mass is 310 g/mol. The highest BCUT2D eigenvalue weighted by molar-refractivity contribution is 5.74. The van der Waals surface area contributed by atoms with E-state index >= 15 is 0 Å². The molecule has 0 heterocycles. The van der Waals surface area contributed by atoms with Gasteiger partial charge >= 0.3 is 6.03 Å². The van der Waals surface area contributed by atoms with Crippen LogP contribution in [0.1, 0.15) is 44.2 Å². The topological polar surface area (TPSA) is 41.1 Å². The highest BCUT2D eigenvalue weighted by Crippen LogP contribution is 2.27. The number of hydrogen-bond acceptors (Lipinski definition) is 1. The van der Waals surface area contributed by atoms with Gasteiger partial charge in [0.1, 0.15) is 0 Å². The van der Waals surface area contributed by atoms with E-state index in [2.05, 4.69) is 59.2 Å². The summed E-state index contributed by atoms with van der Waals surface area (Å²) < 4.78 is 0. The minimum atomic E-state index is -0.220. The van der Waals surface area contributed by atoms with Crippen molar-refractivity contribution in [2.75, 3.05) is 6.54 Å². The fraction of sp³-hybridized carbons (Fsp3) is 0.350. The van der Waals surface area contributed by atoms with Crippen molar-refractivity contribution in [1.82, 2.24) is 10.6 Å². The maximum Gasteiger partial charge on any atom is 0.315 e. The second-order valence-electron chi connectivity index (χ2n) is 6.79. The van der Waals surface area contributed by atoms with E-state index in [0.717, 1.165) is 6.42 Å². The highest BCUT2D eigenvalue weighted by atomic mass is 16.2. The Kier molecular flexibility index (Phi) is 5.80. The molecule has 2 rings (SSSR count). The molecule has 3 heteroatoms. The normalized spacial score (nSPS) is 11.3. The van der Waals surface area contributed by atoms with E-state index in [-0.39, 0.29) is 17.5 Å². The Morgan fingerprint density at radius 1 is 0.913 bits per heavy atom. The summed E-state index contributed by atoms with van der Waals surface area (Å²) in [5, 5.41) is 5.88. The summed E-state index contributed by atoms with van der Waals surface area (Å²) in [6.07, 6.45) is 0.867. The molecule has 0 aliphatic rings. The first kappa shape index (κ1) is 17.1. The number of rotatable bonds is 5. The third-order valence-electron chi connectivity index (χ3n) is 3.61. The SMILES string of the molecule is CC(C)(C)NC(=O)NCCC(c1ccccc1)c1ccccc1. The van der Waals surface area contributed by atoms with E-state index in [0.29, 0.717) is 6.54 Å². The zero-order chi connectivity index (χ0) is 16.7. The molecule has 2 aromatic carbocycles. The first-order valence-electron chi connectivity index (χ1n) is 8.11. The Bertz CT molecular complexity index is 563. The molecule has 0 aliphatic heterocycles. The smallest absolute Gasteiger partial charge is 0.315 e. The third kappa shape index (κ3) is 5.78. The minimum absolute atomic E-state index is 0.114. The molecule has 122 valence electrons. The Morgan fingerprint density at radius 3 is 1.83 bits per heavy atom. The van der Waals surface area contributed by atoms with Crippen LogP contribution in [0.25, 0.3) is 0 Å². The molecule has 0 saturated heterocycles. The van der Waals surface area contributed by atoms with E-state index in [1.807, 2.05) is 32.9 Å². The third-order valence-corrected chi connectivity index (χ3v) is 3.61. The lowest BCUT2D eigenvalue weighted by Gasteiger charge is -2.22. The fourth-order valence-corrected chi connectivity index (χ4v) is 2.61. The van der Waals surface area contributed by atoms with Crippen LogP contribution in [-0.2, 0) is 0 Å². The lowest BCUT2D eigenvalue weighted by Crippen LogP contribution is -2.46. The summed E-state index contributed by atoms with van der Waals surface area (Å²) in [5.74, 6) is 0.285. The van der Waals surface area contributed by atoms with Crippen molar-refractivity contribution in [2.45, 2.75) is 38.6 Å². The van der Waals surface area contributed by atoms with Gasteiger partial charge in [-0.15, -0.1) is 0 Å². The van der Waals surface area contributed by atoms with Crippen LogP contribution in [-0.4, -0.2) is 18.1 Å². The summed E-state index contributed by atoms with van der Waals surface area (Å²) in [7, 11) is 0. The lowest BCUT2D eigenvalue weighted by molar-refractivity contribution is 0.232. The predicted octanol–water partition coefficient (Wildman–Crippen LogP) is 4.31. The van der Waals surface area contributed by atoms with Crippen LogP contribution >= 0.6 is 0 Å². The summed E-state index contributed by atoms with van der Waals surface area (Å²) >= 11 is 0. The molecule has 0 spiro atoms. The first-order chi connectivity index (χ1) is 11.0. The molecule has 0 radical (unpaired) electrons. The fourth-order valence-electron chi connectivity index (χ4n) is 2.61. The summed E-state index contributed by atoms with van der Waals surface area (Å²) in [6, 6.07) is 20.8. The molecule has 0 atom stereocenters. The molecule has 3 nitrogen and oxygen atoms in total. The second-order valence-corrected chi connectivity index (χ2v) is 6.79. The van der Waals surface area contributed by atoms with Crippen LogP contribution in [0.5, 0.6) is 0 Å². The van der Waals surface area contributed by atoms with Crippen LogP contribution in [0.2, 0.25) is 0 Å². The van der Waals surface area contributed by atoms with Crippen molar-refractivity contribution < 1.29 is 4.79 Å². The largest absolute Gasteiger partial charge is 0.338 e. The van der Waals surface area contributed by atoms with Gasteiger partial charge in [0, 0.05) is 18.0 Å². The van der Waals surface area contributed by atoms with Gasteiger partial charge in [0.25, 0.3) is 0 Å². The van der Waals surface area contributed by atoms with Gasteiger partial charge in [0.05, 0.1) is 0 Å². The van der Waals surface area contributed by atoms with Gasteiger partial charge in [-0.2, -0.15) is 0 Å². The van der Waals surface area contributed by atoms with Crippen LogP contribution in [0, 0.1) is 0 Å². The van der Waals surface area contributed by atoms with Gasteiger partial charge in [-0.1, -0.05) is 60.7 Å². The molecule has 2 N–H and O–H groups in total. The Morgan fingerprint density at radius 2 is 1.39 bits per heavy atom. The summed E-state index contributed by atoms with van der Waals surface area (Å²) in [6.45, 7) is 6.56. The van der Waals surface area contributed by atoms with Gasteiger partial charge in [0.2, 0.25) is 0 Å². The van der Waals surface area contributed by atoms with Gasteiger partial charge in [-0.25, -0.2) is 4.79 Å². The first-order valence-corrected chi connectivity index (χ1v) is 8.11. The van der Waals surface area contributed by atoms with E-state index in [9.17, 15) is 4.79 Å². The van der Waals surface area contributed by atoms with Crippen LogP contribution in [0.15, 0.2) is 60.7 Å². The number of nitrogens with one attached hydrogen (secondary N) is 2. The molecular formula is C20H26N2O. The quantitative estimate of drug-likeness (QED) is 0.849. The van der Waals surface area contributed by atoms with E-state index in [1.165, 1.54) is 11.1 Å². The summed E-state index contributed by atoms with van der Waals surface area (Å²) in [4.78, 5) is 11.9. The number of carbonyl (C=O) groups is 1. The zero-order valence-corrected chi connectivity index (χ0v) is 14.2. The maximum atomic E-state index is 11.9. The predicted molar refractivity (Wildman–Crippen MR) is 95.6 cm³/mol. The van der Waals surface area contributed by atoms with Gasteiger partial charge < -0.3 is 10.6 Å². The maximum absolute atomic E-state index is 11.9. The second kappa shape index (κ2) is 7.82. The van der Waals surface area contributed by atoms with Crippen LogP contribution < -0.4 is 10.6 Å². The standard InChI is InChI=1S/C20H26N2O/c1-20(2,3)22-19(23)21-15-14-18(16-10-6-4-7-11-16)17-12-8-5-9-13-17/h4-13,18H,14-15H2,1-3H3,(H2,21,22,23). The van der Waals surface area contributed by atoms with Crippen LogP contribution in [0.4, 0.5) is 4.79 Å². The molecule has 0 bridgehead atoms. The van der Waals surface area contributed by atoms with Crippen molar-refractivity contribution in [3.05, 3.63) is 71.8 Å².